The van der Waals surface area contributed by atoms with E-state index in [1.807, 2.05) is 18.2 Å². The number of imidazole rings is 1. The van der Waals surface area contributed by atoms with E-state index >= 15 is 0 Å². The molecule has 5 nitrogen and oxygen atoms in total. The topological polar surface area (TPSA) is 68.8 Å². The van der Waals surface area contributed by atoms with Crippen LogP contribution in [0.3, 0.4) is 0 Å². The van der Waals surface area contributed by atoms with Crippen molar-refractivity contribution < 1.29 is 0 Å². The normalized spacial score (nSPS) is 11.5. The van der Waals surface area contributed by atoms with Crippen LogP contribution in [-0.2, 0) is 13.0 Å². The summed E-state index contributed by atoms with van der Waals surface area (Å²) in [4.78, 5) is 10.7. The zero-order valence-electron chi connectivity index (χ0n) is 17.8. The van der Waals surface area contributed by atoms with Crippen molar-refractivity contribution in [1.82, 2.24) is 19.3 Å². The van der Waals surface area contributed by atoms with Gasteiger partial charge in [0, 0.05) is 34.3 Å². The summed E-state index contributed by atoms with van der Waals surface area (Å²) in [5.74, 6) is 1.65. The number of benzene rings is 2. The standard InChI is InChI=1S/C24H28BrN5S/c1-2-3-14-21-29-22-23(17-10-4-6-12-19(17)28-24(22)26)30(21)16-9-8-15-27-31-20-13-7-5-11-18(20)25/h4-7,10-13,27H,2-3,8-9,14-16H2,1H3,(H2,26,28). The number of halogens is 1. The maximum absolute atomic E-state index is 6.29. The fourth-order valence-electron chi connectivity index (χ4n) is 3.79. The van der Waals surface area contributed by atoms with Crippen molar-refractivity contribution in [2.24, 2.45) is 0 Å². The molecule has 3 N–H and O–H groups in total. The number of anilines is 1. The van der Waals surface area contributed by atoms with Gasteiger partial charge in [0.15, 0.2) is 5.82 Å². The molecule has 0 aliphatic heterocycles. The first-order valence-corrected chi connectivity index (χ1v) is 12.5. The van der Waals surface area contributed by atoms with Gasteiger partial charge in [0.1, 0.15) is 11.3 Å². The average molecular weight is 498 g/mol. The Morgan fingerprint density at radius 1 is 1.03 bits per heavy atom. The van der Waals surface area contributed by atoms with Gasteiger partial charge in [-0.2, -0.15) is 0 Å². The highest BCUT2D eigenvalue weighted by Crippen LogP contribution is 2.30. The number of nitrogens with one attached hydrogen (secondary N) is 1. The summed E-state index contributed by atoms with van der Waals surface area (Å²) in [6.45, 7) is 4.10. The van der Waals surface area contributed by atoms with Crippen molar-refractivity contribution in [3.05, 3.63) is 58.8 Å². The number of hydrogen-bond donors (Lipinski definition) is 2. The highest BCUT2D eigenvalue weighted by atomic mass is 79.9. The Bertz CT molecular complexity index is 1170. The highest BCUT2D eigenvalue weighted by Gasteiger charge is 2.16. The summed E-state index contributed by atoms with van der Waals surface area (Å²) in [7, 11) is 0. The number of nitrogen functional groups attached to an aromatic ring is 1. The van der Waals surface area contributed by atoms with Crippen LogP contribution in [0.4, 0.5) is 5.82 Å². The zero-order valence-corrected chi connectivity index (χ0v) is 20.2. The van der Waals surface area contributed by atoms with Crippen LogP contribution in [0, 0.1) is 0 Å². The molecule has 0 aliphatic carbocycles. The molecule has 0 radical (unpaired) electrons. The van der Waals surface area contributed by atoms with Gasteiger partial charge < -0.3 is 10.3 Å². The molecule has 0 saturated carbocycles. The van der Waals surface area contributed by atoms with Crippen LogP contribution in [0.2, 0.25) is 0 Å². The first-order chi connectivity index (χ1) is 15.2. The molecular formula is C24H28BrN5S. The first kappa shape index (κ1) is 22.1. The third-order valence-corrected chi connectivity index (χ3v) is 7.25. The minimum Gasteiger partial charge on any atom is -0.382 e. The number of fused-ring (bicyclic) bond motifs is 3. The van der Waals surface area contributed by atoms with Crippen LogP contribution >= 0.6 is 27.9 Å². The lowest BCUT2D eigenvalue weighted by Crippen LogP contribution is -2.09. The smallest absolute Gasteiger partial charge is 0.152 e. The molecule has 2 heterocycles. The maximum atomic E-state index is 6.29. The lowest BCUT2D eigenvalue weighted by Gasteiger charge is -2.11. The molecule has 4 rings (SSSR count). The van der Waals surface area contributed by atoms with Crippen molar-refractivity contribution in [2.45, 2.75) is 50.5 Å². The van der Waals surface area contributed by atoms with E-state index in [4.69, 9.17) is 10.7 Å². The molecule has 162 valence electrons. The summed E-state index contributed by atoms with van der Waals surface area (Å²) in [6.07, 6.45) is 5.40. The molecule has 0 aliphatic rings. The number of aromatic nitrogens is 3. The third-order valence-electron chi connectivity index (χ3n) is 5.37. The summed E-state index contributed by atoms with van der Waals surface area (Å²) < 4.78 is 6.98. The Morgan fingerprint density at radius 2 is 1.84 bits per heavy atom. The number of para-hydroxylation sites is 1. The summed E-state index contributed by atoms with van der Waals surface area (Å²) in [6, 6.07) is 16.5. The third kappa shape index (κ3) is 5.05. The van der Waals surface area contributed by atoms with Crippen molar-refractivity contribution in [3.8, 4) is 0 Å². The average Bonchev–Trinajstić information content (AvgIpc) is 3.15. The second-order valence-electron chi connectivity index (χ2n) is 7.63. The van der Waals surface area contributed by atoms with Crippen LogP contribution in [-0.4, -0.2) is 21.1 Å². The number of aryl methyl sites for hydroxylation is 2. The van der Waals surface area contributed by atoms with Crippen LogP contribution in [0.5, 0.6) is 0 Å². The zero-order chi connectivity index (χ0) is 21.6. The maximum Gasteiger partial charge on any atom is 0.152 e. The van der Waals surface area contributed by atoms with Gasteiger partial charge in [-0.15, -0.1) is 0 Å². The van der Waals surface area contributed by atoms with Gasteiger partial charge in [0.05, 0.1) is 11.0 Å². The van der Waals surface area contributed by atoms with Crippen LogP contribution in [0.25, 0.3) is 21.9 Å². The number of nitrogens with two attached hydrogens (primary N) is 1. The Labute approximate surface area is 196 Å². The molecule has 4 aromatic rings. The van der Waals surface area contributed by atoms with E-state index in [0.29, 0.717) is 5.82 Å². The van der Waals surface area contributed by atoms with Crippen LogP contribution in [0.15, 0.2) is 57.9 Å². The Balaban J connectivity index is 1.48. The molecule has 0 atom stereocenters. The van der Waals surface area contributed by atoms with Gasteiger partial charge in [-0.05, 0) is 65.3 Å². The van der Waals surface area contributed by atoms with Crippen molar-refractivity contribution in [2.75, 3.05) is 12.3 Å². The van der Waals surface area contributed by atoms with E-state index in [2.05, 4.69) is 67.5 Å². The Hall–Kier alpha value is -2.09. The molecule has 0 saturated heterocycles. The Kier molecular flexibility index (Phi) is 7.48. The quantitative estimate of drug-likeness (QED) is 0.197. The lowest BCUT2D eigenvalue weighted by atomic mass is 10.2. The van der Waals surface area contributed by atoms with Gasteiger partial charge >= 0.3 is 0 Å². The molecule has 0 spiro atoms. The molecule has 7 heteroatoms. The van der Waals surface area contributed by atoms with Gasteiger partial charge in [0.2, 0.25) is 0 Å². The molecule has 2 aromatic heterocycles. The predicted molar refractivity (Wildman–Crippen MR) is 135 cm³/mol. The van der Waals surface area contributed by atoms with Crippen molar-refractivity contribution >= 4 is 55.6 Å². The van der Waals surface area contributed by atoms with E-state index in [0.717, 1.165) is 77.4 Å². The van der Waals surface area contributed by atoms with Gasteiger partial charge in [-0.25, -0.2) is 9.97 Å². The van der Waals surface area contributed by atoms with Gasteiger partial charge in [-0.1, -0.05) is 43.7 Å². The van der Waals surface area contributed by atoms with E-state index in [1.165, 1.54) is 4.90 Å². The molecule has 31 heavy (non-hydrogen) atoms. The van der Waals surface area contributed by atoms with E-state index in [9.17, 15) is 0 Å². The SMILES string of the molecule is CCCCc1nc2c(N)nc3ccccc3c2n1CCCCNSc1ccccc1Br. The molecule has 0 amide bonds. The fraction of sp³-hybridized carbons (Fsp3) is 0.333. The molecule has 0 fully saturated rings. The largest absolute Gasteiger partial charge is 0.382 e. The summed E-state index contributed by atoms with van der Waals surface area (Å²) >= 11 is 5.27. The van der Waals surface area contributed by atoms with Gasteiger partial charge in [-0.3, -0.25) is 4.72 Å². The molecule has 2 aromatic carbocycles. The van der Waals surface area contributed by atoms with Crippen LogP contribution < -0.4 is 10.5 Å². The first-order valence-electron chi connectivity index (χ1n) is 10.9. The van der Waals surface area contributed by atoms with E-state index < -0.39 is 0 Å². The van der Waals surface area contributed by atoms with Crippen LogP contribution in [0.1, 0.15) is 38.4 Å². The van der Waals surface area contributed by atoms with Gasteiger partial charge in [0.25, 0.3) is 0 Å². The van der Waals surface area contributed by atoms with Crippen molar-refractivity contribution in [1.29, 1.82) is 0 Å². The summed E-state index contributed by atoms with van der Waals surface area (Å²) in [5, 5.41) is 1.13. The number of unbranched alkanes of at least 4 members (excludes halogenated alkanes) is 2. The Morgan fingerprint density at radius 3 is 2.68 bits per heavy atom. The molecular weight excluding hydrogens is 470 g/mol. The minimum absolute atomic E-state index is 0.525. The second kappa shape index (κ2) is 10.5. The monoisotopic (exact) mass is 497 g/mol. The number of pyridine rings is 1. The number of hydrogen-bond acceptors (Lipinski definition) is 5. The molecule has 0 unspecified atom stereocenters. The number of nitrogens with zero attached hydrogens (tertiary/aromatic N) is 3. The van der Waals surface area contributed by atoms with E-state index in [-0.39, 0.29) is 0 Å². The molecule has 0 bridgehead atoms. The summed E-state index contributed by atoms with van der Waals surface area (Å²) in [5.41, 5.74) is 9.19. The lowest BCUT2D eigenvalue weighted by molar-refractivity contribution is 0.588. The van der Waals surface area contributed by atoms with E-state index in [1.54, 1.807) is 11.9 Å². The second-order valence-corrected chi connectivity index (χ2v) is 9.42. The van der Waals surface area contributed by atoms with Crippen molar-refractivity contribution in [3.63, 3.8) is 0 Å². The number of rotatable bonds is 10. The predicted octanol–water partition coefficient (Wildman–Crippen LogP) is 6.35. The highest BCUT2D eigenvalue weighted by molar-refractivity contribution is 9.10. The minimum atomic E-state index is 0.525. The fourth-order valence-corrected chi connectivity index (χ4v) is 5.04.